The summed E-state index contributed by atoms with van der Waals surface area (Å²) in [6.45, 7) is 5.28. The summed E-state index contributed by atoms with van der Waals surface area (Å²) in [4.78, 5) is 31.4. The average molecular weight is 329 g/mol. The van der Waals surface area contributed by atoms with E-state index in [0.717, 1.165) is 24.9 Å². The van der Waals surface area contributed by atoms with Crippen LogP contribution in [0.1, 0.15) is 23.8 Å². The van der Waals surface area contributed by atoms with Gasteiger partial charge < -0.3 is 15.0 Å². The van der Waals surface area contributed by atoms with Gasteiger partial charge in [-0.1, -0.05) is 25.1 Å². The summed E-state index contributed by atoms with van der Waals surface area (Å²) in [5.74, 6) is -0.145. The summed E-state index contributed by atoms with van der Waals surface area (Å²) in [7, 11) is 0. The molecular weight excluding hydrogens is 306 g/mol. The fraction of sp³-hybridized carbons (Fsp3) is 0.444. The van der Waals surface area contributed by atoms with Gasteiger partial charge in [-0.3, -0.25) is 14.5 Å². The molecule has 1 aliphatic heterocycles. The number of hydrogen-bond donors (Lipinski definition) is 2. The number of carbonyl (C=O) groups excluding carboxylic acids is 1. The lowest BCUT2D eigenvalue weighted by Crippen LogP contribution is -2.50. The Bertz CT molecular complexity index is 778. The maximum atomic E-state index is 12.7. The Balaban J connectivity index is 1.71. The van der Waals surface area contributed by atoms with Gasteiger partial charge >= 0.3 is 0 Å². The minimum absolute atomic E-state index is 0.145. The number of carbonyl (C=O) groups is 1. The number of aromatic amines is 1. The summed E-state index contributed by atoms with van der Waals surface area (Å²) in [6.07, 6.45) is 0.418. The van der Waals surface area contributed by atoms with Gasteiger partial charge in [0.1, 0.15) is 5.69 Å². The fourth-order valence-corrected chi connectivity index (χ4v) is 3.06. The summed E-state index contributed by atoms with van der Waals surface area (Å²) in [6, 6.07) is 8.99. The van der Waals surface area contributed by atoms with Crippen molar-refractivity contribution in [2.45, 2.75) is 19.4 Å². The first-order valence-electron chi connectivity index (χ1n) is 8.40. The number of β-amino-alcohol motifs (C(OH)–C–C–N with tert-alkyl or cyclic N) is 1. The quantitative estimate of drug-likeness (QED) is 0.879. The fourth-order valence-electron chi connectivity index (χ4n) is 3.06. The Morgan fingerprint density at radius 3 is 2.67 bits per heavy atom. The van der Waals surface area contributed by atoms with Crippen LogP contribution in [0.3, 0.4) is 0 Å². The number of aliphatic hydroxyl groups is 1. The van der Waals surface area contributed by atoms with E-state index >= 15 is 0 Å². The zero-order chi connectivity index (χ0) is 17.1. The number of nitrogens with one attached hydrogen (secondary N) is 1. The molecule has 1 aromatic carbocycles. The lowest BCUT2D eigenvalue weighted by Gasteiger charge is -2.35. The maximum Gasteiger partial charge on any atom is 0.270 e. The first-order chi connectivity index (χ1) is 11.6. The molecule has 0 aliphatic carbocycles. The maximum absolute atomic E-state index is 12.7. The Kier molecular flexibility index (Phi) is 4.97. The molecule has 1 amide bonds. The number of hydrogen-bond acceptors (Lipinski definition) is 4. The number of nitrogens with zero attached hydrogens (tertiary/aromatic N) is 2. The van der Waals surface area contributed by atoms with Crippen LogP contribution in [-0.4, -0.2) is 64.6 Å². The molecule has 2 aromatic rings. The van der Waals surface area contributed by atoms with Crippen LogP contribution < -0.4 is 5.56 Å². The van der Waals surface area contributed by atoms with Crippen LogP contribution in [0.2, 0.25) is 0 Å². The predicted octanol–water partition coefficient (Wildman–Crippen LogP) is 1.06. The molecule has 2 heterocycles. The molecular formula is C18H23N3O3. The molecule has 3 rings (SSSR count). The van der Waals surface area contributed by atoms with Gasteiger partial charge in [-0.15, -0.1) is 0 Å². The highest BCUT2D eigenvalue weighted by atomic mass is 16.3. The molecule has 1 saturated heterocycles. The third kappa shape index (κ3) is 3.49. The first-order valence-corrected chi connectivity index (χ1v) is 8.40. The molecule has 1 atom stereocenters. The van der Waals surface area contributed by atoms with E-state index in [9.17, 15) is 14.7 Å². The van der Waals surface area contributed by atoms with Gasteiger partial charge in [0.2, 0.25) is 0 Å². The second-order valence-corrected chi connectivity index (χ2v) is 6.25. The highest BCUT2D eigenvalue weighted by molar-refractivity contribution is 5.96. The summed E-state index contributed by atoms with van der Waals surface area (Å²) in [5, 5.41) is 11.1. The van der Waals surface area contributed by atoms with Gasteiger partial charge in [-0.05, 0) is 23.9 Å². The van der Waals surface area contributed by atoms with Crippen molar-refractivity contribution in [3.05, 3.63) is 46.4 Å². The highest BCUT2D eigenvalue weighted by Gasteiger charge is 2.23. The lowest BCUT2D eigenvalue weighted by molar-refractivity contribution is 0.0519. The number of benzene rings is 1. The van der Waals surface area contributed by atoms with Crippen LogP contribution in [0.25, 0.3) is 10.8 Å². The molecule has 1 aromatic heterocycles. The van der Waals surface area contributed by atoms with Crippen LogP contribution in [0.15, 0.2) is 35.1 Å². The number of pyridine rings is 1. The van der Waals surface area contributed by atoms with Crippen molar-refractivity contribution < 1.29 is 9.90 Å². The number of piperazine rings is 1. The Labute approximate surface area is 140 Å². The molecule has 24 heavy (non-hydrogen) atoms. The number of aromatic nitrogens is 1. The van der Waals surface area contributed by atoms with Crippen molar-refractivity contribution in [2.24, 2.45) is 0 Å². The van der Waals surface area contributed by atoms with E-state index in [2.05, 4.69) is 9.88 Å². The van der Waals surface area contributed by atoms with E-state index in [1.165, 1.54) is 0 Å². The molecule has 128 valence electrons. The van der Waals surface area contributed by atoms with Crippen molar-refractivity contribution >= 4 is 16.7 Å². The molecule has 0 bridgehead atoms. The molecule has 0 saturated carbocycles. The number of H-pyrrole nitrogens is 1. The first kappa shape index (κ1) is 16.7. The van der Waals surface area contributed by atoms with Crippen molar-refractivity contribution in [1.29, 1.82) is 0 Å². The molecule has 0 spiro atoms. The molecule has 1 fully saturated rings. The standard InChI is InChI=1S/C18H23N3O3/c1-2-14(22)12-20-7-9-21(10-8-20)18(24)16-11-13-5-3-4-6-15(13)17(23)19-16/h3-6,11,14,22H,2,7-10,12H2,1H3,(H,19,23). The zero-order valence-corrected chi connectivity index (χ0v) is 13.9. The number of aliphatic hydroxyl groups excluding tert-OH is 1. The monoisotopic (exact) mass is 329 g/mol. The largest absolute Gasteiger partial charge is 0.392 e. The van der Waals surface area contributed by atoms with E-state index in [1.54, 1.807) is 17.0 Å². The summed E-state index contributed by atoms with van der Waals surface area (Å²) >= 11 is 0. The second kappa shape index (κ2) is 7.15. The summed E-state index contributed by atoms with van der Waals surface area (Å²) < 4.78 is 0. The second-order valence-electron chi connectivity index (χ2n) is 6.25. The molecule has 0 radical (unpaired) electrons. The van der Waals surface area contributed by atoms with Crippen LogP contribution >= 0.6 is 0 Å². The molecule has 1 unspecified atom stereocenters. The van der Waals surface area contributed by atoms with Crippen molar-refractivity contribution in [3.8, 4) is 0 Å². The van der Waals surface area contributed by atoms with Crippen molar-refractivity contribution in [1.82, 2.24) is 14.8 Å². The Hall–Kier alpha value is -2.18. The van der Waals surface area contributed by atoms with E-state index in [1.807, 2.05) is 25.1 Å². The number of rotatable bonds is 4. The molecule has 2 N–H and O–H groups in total. The van der Waals surface area contributed by atoms with Gasteiger partial charge in [-0.2, -0.15) is 0 Å². The zero-order valence-electron chi connectivity index (χ0n) is 13.9. The topological polar surface area (TPSA) is 76.6 Å². The highest BCUT2D eigenvalue weighted by Crippen LogP contribution is 2.13. The van der Waals surface area contributed by atoms with Crippen molar-refractivity contribution in [2.75, 3.05) is 32.7 Å². The average Bonchev–Trinajstić information content (AvgIpc) is 2.61. The van der Waals surface area contributed by atoms with Crippen LogP contribution in [0, 0.1) is 0 Å². The summed E-state index contributed by atoms with van der Waals surface area (Å²) in [5.41, 5.74) is 0.0990. The van der Waals surface area contributed by atoms with E-state index in [4.69, 9.17) is 0 Å². The predicted molar refractivity (Wildman–Crippen MR) is 93.2 cm³/mol. The third-order valence-electron chi connectivity index (χ3n) is 4.58. The molecule has 1 aliphatic rings. The Morgan fingerprint density at radius 2 is 1.96 bits per heavy atom. The SMILES string of the molecule is CCC(O)CN1CCN(C(=O)c2cc3ccccc3c(=O)[nH]2)CC1. The van der Waals surface area contributed by atoms with Gasteiger partial charge in [0.25, 0.3) is 11.5 Å². The van der Waals surface area contributed by atoms with E-state index < -0.39 is 0 Å². The minimum Gasteiger partial charge on any atom is -0.392 e. The van der Waals surface area contributed by atoms with Crippen molar-refractivity contribution in [3.63, 3.8) is 0 Å². The van der Waals surface area contributed by atoms with E-state index in [0.29, 0.717) is 30.7 Å². The molecule has 6 nitrogen and oxygen atoms in total. The van der Waals surface area contributed by atoms with Crippen LogP contribution in [0.5, 0.6) is 0 Å². The normalized spacial score (nSPS) is 17.2. The smallest absolute Gasteiger partial charge is 0.270 e. The van der Waals surface area contributed by atoms with E-state index in [-0.39, 0.29) is 17.6 Å². The minimum atomic E-state index is -0.316. The van der Waals surface area contributed by atoms with Gasteiger partial charge in [0.15, 0.2) is 0 Å². The van der Waals surface area contributed by atoms with Gasteiger partial charge in [0.05, 0.1) is 6.10 Å². The number of fused-ring (bicyclic) bond motifs is 1. The Morgan fingerprint density at radius 1 is 1.25 bits per heavy atom. The van der Waals surface area contributed by atoms with Gasteiger partial charge in [-0.25, -0.2) is 0 Å². The van der Waals surface area contributed by atoms with Gasteiger partial charge in [0, 0.05) is 38.1 Å². The number of amides is 1. The third-order valence-corrected chi connectivity index (χ3v) is 4.58. The van der Waals surface area contributed by atoms with Crippen LogP contribution in [-0.2, 0) is 0 Å². The lowest BCUT2D eigenvalue weighted by atomic mass is 10.1. The molecule has 6 heteroatoms. The van der Waals surface area contributed by atoms with Crippen LogP contribution in [0.4, 0.5) is 0 Å².